The first-order chi connectivity index (χ1) is 15.3. The van der Waals surface area contributed by atoms with Gasteiger partial charge in [-0.05, 0) is 29.5 Å². The normalized spacial score (nSPS) is 12.3. The molecule has 8 nitrogen and oxygen atoms in total. The van der Waals surface area contributed by atoms with E-state index in [0.717, 1.165) is 5.56 Å². The SMILES string of the molecule is CC(C)C[C@H](NC(=O)OCc1ccccc1)C(=O)N[C@@H](Cc1ccccc1C#N)C(N)=O. The molecular weight excluding hydrogens is 408 g/mol. The summed E-state index contributed by atoms with van der Waals surface area (Å²) in [6.45, 7) is 3.88. The van der Waals surface area contributed by atoms with Crippen molar-refractivity contribution in [2.45, 2.75) is 45.4 Å². The molecule has 0 bridgehead atoms. The van der Waals surface area contributed by atoms with Gasteiger partial charge < -0.3 is 21.1 Å². The largest absolute Gasteiger partial charge is 0.445 e. The smallest absolute Gasteiger partial charge is 0.408 e. The molecule has 8 heteroatoms. The second kappa shape index (κ2) is 12.1. The summed E-state index contributed by atoms with van der Waals surface area (Å²) >= 11 is 0. The average molecular weight is 437 g/mol. The van der Waals surface area contributed by atoms with Crippen LogP contribution in [0.2, 0.25) is 0 Å². The van der Waals surface area contributed by atoms with Gasteiger partial charge in [-0.25, -0.2) is 4.79 Å². The summed E-state index contributed by atoms with van der Waals surface area (Å²) in [4.78, 5) is 37.1. The number of benzene rings is 2. The van der Waals surface area contributed by atoms with Crippen molar-refractivity contribution in [1.82, 2.24) is 10.6 Å². The highest BCUT2D eigenvalue weighted by molar-refractivity contribution is 5.90. The predicted molar refractivity (Wildman–Crippen MR) is 119 cm³/mol. The van der Waals surface area contributed by atoms with E-state index in [9.17, 15) is 19.6 Å². The van der Waals surface area contributed by atoms with E-state index >= 15 is 0 Å². The molecule has 3 amide bonds. The molecule has 0 saturated carbocycles. The Hall–Kier alpha value is -3.86. The number of carbonyl (C=O) groups excluding carboxylic acids is 3. The van der Waals surface area contributed by atoms with Crippen LogP contribution in [-0.2, 0) is 27.4 Å². The van der Waals surface area contributed by atoms with Crippen LogP contribution in [0, 0.1) is 17.2 Å². The first kappa shape index (κ1) is 24.4. The molecule has 168 valence electrons. The Morgan fingerprint density at radius 1 is 1.00 bits per heavy atom. The molecule has 0 fully saturated rings. The zero-order chi connectivity index (χ0) is 23.5. The van der Waals surface area contributed by atoms with Crippen LogP contribution in [0.3, 0.4) is 0 Å². The molecule has 0 spiro atoms. The summed E-state index contributed by atoms with van der Waals surface area (Å²) in [6, 6.07) is 16.1. The molecule has 0 aromatic heterocycles. The molecule has 0 aliphatic heterocycles. The van der Waals surface area contributed by atoms with Gasteiger partial charge in [-0.15, -0.1) is 0 Å². The van der Waals surface area contributed by atoms with Gasteiger partial charge in [0.15, 0.2) is 0 Å². The second-order valence-electron chi connectivity index (χ2n) is 7.82. The first-order valence-electron chi connectivity index (χ1n) is 10.3. The van der Waals surface area contributed by atoms with E-state index in [1.807, 2.05) is 44.2 Å². The Labute approximate surface area is 187 Å². The number of ether oxygens (including phenoxy) is 1. The summed E-state index contributed by atoms with van der Waals surface area (Å²) < 4.78 is 5.21. The van der Waals surface area contributed by atoms with Crippen LogP contribution < -0.4 is 16.4 Å². The van der Waals surface area contributed by atoms with Gasteiger partial charge in [0.05, 0.1) is 11.6 Å². The molecule has 0 aliphatic carbocycles. The molecule has 0 saturated heterocycles. The van der Waals surface area contributed by atoms with E-state index in [1.54, 1.807) is 24.3 Å². The molecule has 0 unspecified atom stereocenters. The van der Waals surface area contributed by atoms with Crippen molar-refractivity contribution >= 4 is 17.9 Å². The fourth-order valence-corrected chi connectivity index (χ4v) is 3.13. The third kappa shape index (κ3) is 7.76. The number of nitrogens with one attached hydrogen (secondary N) is 2. The Bertz CT molecular complexity index is 969. The molecule has 2 atom stereocenters. The van der Waals surface area contributed by atoms with Gasteiger partial charge in [-0.1, -0.05) is 62.4 Å². The molecule has 0 aliphatic rings. The summed E-state index contributed by atoms with van der Waals surface area (Å²) in [6.07, 6.45) is -0.329. The number of rotatable bonds is 10. The van der Waals surface area contributed by atoms with Crippen molar-refractivity contribution in [2.75, 3.05) is 0 Å². The van der Waals surface area contributed by atoms with Crippen LogP contribution >= 0.6 is 0 Å². The Morgan fingerprint density at radius 2 is 1.66 bits per heavy atom. The first-order valence-corrected chi connectivity index (χ1v) is 10.3. The standard InChI is InChI=1S/C24H28N4O4/c1-16(2)12-21(28-24(31)32-15-17-8-4-3-5-9-17)23(30)27-20(22(26)29)13-18-10-6-7-11-19(18)14-25/h3-11,16,20-21H,12-13,15H2,1-2H3,(H2,26,29)(H,27,30)(H,28,31)/t20-,21-/m0/s1. The maximum atomic E-state index is 12.9. The van der Waals surface area contributed by atoms with Crippen LogP contribution in [0.25, 0.3) is 0 Å². The van der Waals surface area contributed by atoms with Crippen LogP contribution in [0.15, 0.2) is 54.6 Å². The van der Waals surface area contributed by atoms with E-state index in [1.165, 1.54) is 0 Å². The molecule has 4 N–H and O–H groups in total. The number of primary amides is 1. The van der Waals surface area contributed by atoms with Crippen LogP contribution in [0.5, 0.6) is 0 Å². The Kier molecular flexibility index (Phi) is 9.23. The number of carbonyl (C=O) groups is 3. The predicted octanol–water partition coefficient (Wildman–Crippen LogP) is 2.41. The highest BCUT2D eigenvalue weighted by Crippen LogP contribution is 2.12. The van der Waals surface area contributed by atoms with Gasteiger partial charge in [0, 0.05) is 6.42 Å². The van der Waals surface area contributed by atoms with E-state index in [4.69, 9.17) is 10.5 Å². The van der Waals surface area contributed by atoms with Gasteiger partial charge in [-0.2, -0.15) is 5.26 Å². The average Bonchev–Trinajstić information content (AvgIpc) is 2.77. The minimum atomic E-state index is -1.03. The highest BCUT2D eigenvalue weighted by atomic mass is 16.5. The van der Waals surface area contributed by atoms with E-state index < -0.39 is 30.0 Å². The third-order valence-electron chi connectivity index (χ3n) is 4.75. The third-order valence-corrected chi connectivity index (χ3v) is 4.75. The van der Waals surface area contributed by atoms with Crippen LogP contribution in [0.1, 0.15) is 37.0 Å². The molecule has 0 radical (unpaired) electrons. The number of nitrogens with two attached hydrogens (primary N) is 1. The van der Waals surface area contributed by atoms with Gasteiger partial charge in [0.1, 0.15) is 18.7 Å². The van der Waals surface area contributed by atoms with Crippen molar-refractivity contribution in [3.05, 3.63) is 71.3 Å². The van der Waals surface area contributed by atoms with Crippen LogP contribution in [0.4, 0.5) is 4.79 Å². The van der Waals surface area contributed by atoms with Gasteiger partial charge in [0.2, 0.25) is 11.8 Å². The van der Waals surface area contributed by atoms with Crippen LogP contribution in [-0.4, -0.2) is 30.0 Å². The maximum absolute atomic E-state index is 12.9. The van der Waals surface area contributed by atoms with Gasteiger partial charge >= 0.3 is 6.09 Å². The number of alkyl carbamates (subject to hydrolysis) is 1. The van der Waals surface area contributed by atoms with Crippen molar-refractivity contribution in [1.29, 1.82) is 5.26 Å². The zero-order valence-electron chi connectivity index (χ0n) is 18.2. The summed E-state index contributed by atoms with van der Waals surface area (Å²) in [5.41, 5.74) is 7.30. The lowest BCUT2D eigenvalue weighted by atomic mass is 9.99. The number of amides is 3. The van der Waals surface area contributed by atoms with E-state index in [0.29, 0.717) is 17.5 Å². The van der Waals surface area contributed by atoms with Gasteiger partial charge in [-0.3, -0.25) is 9.59 Å². The lowest BCUT2D eigenvalue weighted by Crippen LogP contribution is -2.54. The van der Waals surface area contributed by atoms with Crippen molar-refractivity contribution < 1.29 is 19.1 Å². The van der Waals surface area contributed by atoms with E-state index in [-0.39, 0.29) is 18.9 Å². The maximum Gasteiger partial charge on any atom is 0.408 e. The summed E-state index contributed by atoms with van der Waals surface area (Å²) in [5.74, 6) is -1.19. The number of nitriles is 1. The topological polar surface area (TPSA) is 134 Å². The number of hydrogen-bond donors (Lipinski definition) is 3. The fraction of sp³-hybridized carbons (Fsp3) is 0.333. The fourth-order valence-electron chi connectivity index (χ4n) is 3.13. The molecular formula is C24H28N4O4. The lowest BCUT2D eigenvalue weighted by molar-refractivity contribution is -0.128. The molecule has 2 aromatic rings. The Balaban J connectivity index is 2.04. The van der Waals surface area contributed by atoms with E-state index in [2.05, 4.69) is 16.7 Å². The minimum Gasteiger partial charge on any atom is -0.445 e. The molecule has 2 rings (SSSR count). The Morgan fingerprint density at radius 3 is 2.28 bits per heavy atom. The molecule has 32 heavy (non-hydrogen) atoms. The van der Waals surface area contributed by atoms with Crippen molar-refractivity contribution in [3.8, 4) is 6.07 Å². The molecule has 2 aromatic carbocycles. The zero-order valence-corrected chi connectivity index (χ0v) is 18.2. The van der Waals surface area contributed by atoms with Crippen molar-refractivity contribution in [3.63, 3.8) is 0 Å². The van der Waals surface area contributed by atoms with Crippen molar-refractivity contribution in [2.24, 2.45) is 11.7 Å². The minimum absolute atomic E-state index is 0.0670. The lowest BCUT2D eigenvalue weighted by Gasteiger charge is -2.23. The highest BCUT2D eigenvalue weighted by Gasteiger charge is 2.27. The monoisotopic (exact) mass is 436 g/mol. The number of hydrogen-bond acceptors (Lipinski definition) is 5. The second-order valence-corrected chi connectivity index (χ2v) is 7.82. The molecule has 0 heterocycles. The number of nitrogens with zero attached hydrogens (tertiary/aromatic N) is 1. The van der Waals surface area contributed by atoms with Gasteiger partial charge in [0.25, 0.3) is 0 Å². The quantitative estimate of drug-likeness (QED) is 0.526. The summed E-state index contributed by atoms with van der Waals surface area (Å²) in [5, 5.41) is 14.4. The summed E-state index contributed by atoms with van der Waals surface area (Å²) in [7, 11) is 0.